The van der Waals surface area contributed by atoms with Crippen molar-refractivity contribution in [3.05, 3.63) is 0 Å². The van der Waals surface area contributed by atoms with Crippen LogP contribution in [0.3, 0.4) is 0 Å². The van der Waals surface area contributed by atoms with Crippen molar-refractivity contribution >= 4 is 29.9 Å². The normalized spacial score (nSPS) is 18.4. The summed E-state index contributed by atoms with van der Waals surface area (Å²) < 4.78 is 16.4. The third-order valence-corrected chi connectivity index (χ3v) is 5.01. The Morgan fingerprint density at radius 2 is 1.81 bits per heavy atom. The van der Waals surface area contributed by atoms with E-state index >= 15 is 0 Å². The molecule has 0 spiro atoms. The van der Waals surface area contributed by atoms with E-state index in [0.29, 0.717) is 5.92 Å². The van der Waals surface area contributed by atoms with Crippen LogP contribution < -0.4 is 10.6 Å². The smallest absolute Gasteiger partial charge is 0.191 e. The molecule has 7 nitrogen and oxygen atoms in total. The van der Waals surface area contributed by atoms with E-state index in [2.05, 4.69) is 20.5 Å². The van der Waals surface area contributed by atoms with Crippen molar-refractivity contribution in [1.82, 2.24) is 15.5 Å². The van der Waals surface area contributed by atoms with Gasteiger partial charge in [0.1, 0.15) is 0 Å². The maximum absolute atomic E-state index is 5.80. The molecule has 0 bridgehead atoms. The highest BCUT2D eigenvalue weighted by atomic mass is 127. The molecule has 1 heterocycles. The number of rotatable bonds is 13. The summed E-state index contributed by atoms with van der Waals surface area (Å²) in [4.78, 5) is 6.80. The van der Waals surface area contributed by atoms with Crippen LogP contribution in [0.4, 0.5) is 0 Å². The molecule has 2 N–H and O–H groups in total. The number of methoxy groups -OCH3 is 1. The number of hydrogen-bond donors (Lipinski definition) is 2. The van der Waals surface area contributed by atoms with Gasteiger partial charge in [-0.05, 0) is 38.0 Å². The summed E-state index contributed by atoms with van der Waals surface area (Å²) in [5.74, 6) is 1.55. The molecule has 1 saturated heterocycles. The van der Waals surface area contributed by atoms with Crippen molar-refractivity contribution in [3.8, 4) is 0 Å². The quantitative estimate of drug-likeness (QED) is 0.175. The molecule has 2 rings (SSSR count). The van der Waals surface area contributed by atoms with Gasteiger partial charge in [0.25, 0.3) is 0 Å². The van der Waals surface area contributed by atoms with Crippen molar-refractivity contribution in [2.75, 3.05) is 73.4 Å². The minimum atomic E-state index is 0. The first-order valence-corrected chi connectivity index (χ1v) is 10.2. The van der Waals surface area contributed by atoms with Gasteiger partial charge in [-0.15, -0.1) is 24.0 Å². The average molecular weight is 498 g/mol. The van der Waals surface area contributed by atoms with Crippen LogP contribution in [0.2, 0.25) is 0 Å². The number of nitrogens with one attached hydrogen (secondary N) is 2. The monoisotopic (exact) mass is 498 g/mol. The van der Waals surface area contributed by atoms with E-state index < -0.39 is 0 Å². The van der Waals surface area contributed by atoms with Gasteiger partial charge in [-0.25, -0.2) is 0 Å². The molecule has 0 unspecified atom stereocenters. The number of nitrogens with zero attached hydrogens (tertiary/aromatic N) is 2. The Morgan fingerprint density at radius 3 is 2.48 bits per heavy atom. The maximum Gasteiger partial charge on any atom is 0.191 e. The summed E-state index contributed by atoms with van der Waals surface area (Å²) in [5.41, 5.74) is 0. The molecule has 0 atom stereocenters. The second-order valence-corrected chi connectivity index (χ2v) is 7.17. The molecule has 0 aromatic carbocycles. The minimum absolute atomic E-state index is 0. The van der Waals surface area contributed by atoms with Gasteiger partial charge in [-0.3, -0.25) is 9.89 Å². The summed E-state index contributed by atoms with van der Waals surface area (Å²) in [5, 5.41) is 6.77. The summed E-state index contributed by atoms with van der Waals surface area (Å²) >= 11 is 0. The summed E-state index contributed by atoms with van der Waals surface area (Å²) in [6.07, 6.45) is 5.91. The van der Waals surface area contributed by atoms with Crippen LogP contribution in [0.1, 0.15) is 32.1 Å². The number of ether oxygens (including phenoxy) is 3. The predicted octanol–water partition coefficient (Wildman–Crippen LogP) is 1.71. The number of halogens is 1. The number of guanidine groups is 1. The lowest BCUT2D eigenvalue weighted by Crippen LogP contribution is -2.43. The number of aliphatic imine (C=N–C) groups is 1. The molecular formula is C19H39IN4O3. The largest absolute Gasteiger partial charge is 0.383 e. The predicted molar refractivity (Wildman–Crippen MR) is 120 cm³/mol. The minimum Gasteiger partial charge on any atom is -0.383 e. The van der Waals surface area contributed by atoms with Crippen molar-refractivity contribution in [3.63, 3.8) is 0 Å². The van der Waals surface area contributed by atoms with Gasteiger partial charge in [-0.1, -0.05) is 0 Å². The van der Waals surface area contributed by atoms with Crippen molar-refractivity contribution in [2.45, 2.75) is 38.1 Å². The highest BCUT2D eigenvalue weighted by Gasteiger charge is 2.28. The van der Waals surface area contributed by atoms with Crippen LogP contribution >= 0.6 is 24.0 Å². The Balaban J connectivity index is 0.00000364. The molecule has 1 saturated carbocycles. The van der Waals surface area contributed by atoms with Crippen LogP contribution in [0.25, 0.3) is 0 Å². The summed E-state index contributed by atoms with van der Waals surface area (Å²) in [7, 11) is 3.59. The van der Waals surface area contributed by atoms with Gasteiger partial charge in [0.05, 0.1) is 6.61 Å². The Hall–Kier alpha value is -0.160. The molecule has 0 amide bonds. The van der Waals surface area contributed by atoms with Crippen molar-refractivity contribution in [1.29, 1.82) is 0 Å². The molecule has 2 fully saturated rings. The molecule has 0 aromatic heterocycles. The SMILES string of the molecule is CN=C(NCCCOCC1CCOCC1)NCCN(CCOC)C1CC1.I. The topological polar surface area (TPSA) is 67.4 Å². The van der Waals surface area contributed by atoms with E-state index in [1.54, 1.807) is 7.11 Å². The highest BCUT2D eigenvalue weighted by molar-refractivity contribution is 14.0. The van der Waals surface area contributed by atoms with Crippen LogP contribution in [-0.4, -0.2) is 90.3 Å². The fraction of sp³-hybridized carbons (Fsp3) is 0.947. The molecule has 1 aliphatic heterocycles. The molecule has 27 heavy (non-hydrogen) atoms. The van der Waals surface area contributed by atoms with E-state index in [0.717, 1.165) is 90.5 Å². The van der Waals surface area contributed by atoms with E-state index in [4.69, 9.17) is 14.2 Å². The molecule has 8 heteroatoms. The van der Waals surface area contributed by atoms with Crippen molar-refractivity contribution in [2.24, 2.45) is 10.9 Å². The van der Waals surface area contributed by atoms with Crippen molar-refractivity contribution < 1.29 is 14.2 Å². The van der Waals surface area contributed by atoms with Gasteiger partial charge >= 0.3 is 0 Å². The van der Waals surface area contributed by atoms with Gasteiger partial charge < -0.3 is 24.8 Å². The standard InChI is InChI=1S/C19H38N4O3.HI/c1-20-19(22-9-10-23(11-15-24-2)18-4-5-18)21-8-3-12-26-16-17-6-13-25-14-7-17;/h17-18H,3-16H2,1-2H3,(H2,20,21,22);1H. The fourth-order valence-corrected chi connectivity index (χ4v) is 3.21. The summed E-state index contributed by atoms with van der Waals surface area (Å²) in [6.45, 7) is 8.08. The Morgan fingerprint density at radius 1 is 1.07 bits per heavy atom. The van der Waals surface area contributed by atoms with E-state index in [9.17, 15) is 0 Å². The van der Waals surface area contributed by atoms with Crippen LogP contribution in [0.15, 0.2) is 4.99 Å². The molecule has 160 valence electrons. The van der Waals surface area contributed by atoms with Gasteiger partial charge in [-0.2, -0.15) is 0 Å². The van der Waals surface area contributed by atoms with E-state index in [1.165, 1.54) is 12.8 Å². The second kappa shape index (κ2) is 15.7. The molecule has 0 aromatic rings. The Kier molecular flexibility index (Phi) is 14.5. The van der Waals surface area contributed by atoms with Crippen LogP contribution in [0.5, 0.6) is 0 Å². The fourth-order valence-electron chi connectivity index (χ4n) is 3.21. The lowest BCUT2D eigenvalue weighted by atomic mass is 10.0. The zero-order valence-corrected chi connectivity index (χ0v) is 19.4. The summed E-state index contributed by atoms with van der Waals surface area (Å²) in [6, 6.07) is 0.759. The van der Waals surface area contributed by atoms with Gasteiger partial charge in [0.15, 0.2) is 5.96 Å². The average Bonchev–Trinajstić information content (AvgIpc) is 3.51. The zero-order valence-electron chi connectivity index (χ0n) is 17.1. The van der Waals surface area contributed by atoms with Gasteiger partial charge in [0.2, 0.25) is 0 Å². The highest BCUT2D eigenvalue weighted by Crippen LogP contribution is 2.25. The first-order valence-electron chi connectivity index (χ1n) is 10.2. The molecule has 0 radical (unpaired) electrons. The maximum atomic E-state index is 5.80. The zero-order chi connectivity index (χ0) is 18.5. The lowest BCUT2D eigenvalue weighted by Gasteiger charge is -2.22. The Bertz CT molecular complexity index is 391. The molecule has 2 aliphatic rings. The third-order valence-electron chi connectivity index (χ3n) is 5.01. The van der Waals surface area contributed by atoms with Gasteiger partial charge in [0, 0.05) is 72.8 Å². The van der Waals surface area contributed by atoms with Crippen LogP contribution in [0, 0.1) is 5.92 Å². The lowest BCUT2D eigenvalue weighted by molar-refractivity contribution is 0.0203. The van der Waals surface area contributed by atoms with E-state index in [-0.39, 0.29) is 24.0 Å². The first kappa shape index (κ1) is 24.9. The third kappa shape index (κ3) is 11.4. The second-order valence-electron chi connectivity index (χ2n) is 7.17. The Labute approximate surface area is 182 Å². The molecule has 1 aliphatic carbocycles. The van der Waals surface area contributed by atoms with Crippen LogP contribution in [-0.2, 0) is 14.2 Å². The molecular weight excluding hydrogens is 459 g/mol. The number of hydrogen-bond acceptors (Lipinski definition) is 5. The van der Waals surface area contributed by atoms with E-state index in [1.807, 2.05) is 7.05 Å². The first-order chi connectivity index (χ1) is 12.8.